The fourth-order valence-electron chi connectivity index (χ4n) is 3.62. The van der Waals surface area contributed by atoms with Gasteiger partial charge in [-0.2, -0.15) is 0 Å². The van der Waals surface area contributed by atoms with E-state index >= 15 is 0 Å². The molecule has 2 atom stereocenters. The summed E-state index contributed by atoms with van der Waals surface area (Å²) in [6.45, 7) is 4.26. The molecule has 6 nitrogen and oxygen atoms in total. The molecule has 1 fully saturated rings. The topological polar surface area (TPSA) is 75.7 Å². The van der Waals surface area contributed by atoms with Crippen LogP contribution in [0.3, 0.4) is 0 Å². The lowest BCUT2D eigenvalue weighted by Crippen LogP contribution is -2.46. The molecule has 152 valence electrons. The molecule has 1 saturated heterocycles. The van der Waals surface area contributed by atoms with Crippen LogP contribution in [0.2, 0.25) is 0 Å². The van der Waals surface area contributed by atoms with Gasteiger partial charge in [0.1, 0.15) is 6.04 Å². The van der Waals surface area contributed by atoms with E-state index in [1.807, 2.05) is 62.4 Å². The molecule has 0 radical (unpaired) electrons. The van der Waals surface area contributed by atoms with Crippen molar-refractivity contribution in [2.75, 3.05) is 18.6 Å². The minimum atomic E-state index is -0.792. The summed E-state index contributed by atoms with van der Waals surface area (Å²) in [4.78, 5) is 39.3. The fourth-order valence-corrected chi connectivity index (χ4v) is 3.62. The van der Waals surface area contributed by atoms with E-state index in [-0.39, 0.29) is 18.2 Å². The zero-order chi connectivity index (χ0) is 21.0. The van der Waals surface area contributed by atoms with E-state index < -0.39 is 17.9 Å². The Labute approximate surface area is 170 Å². The third-order valence-corrected chi connectivity index (χ3v) is 5.45. The van der Waals surface area contributed by atoms with Gasteiger partial charge in [-0.3, -0.25) is 9.59 Å². The van der Waals surface area contributed by atoms with Gasteiger partial charge in [0.25, 0.3) is 0 Å². The molecule has 6 heteroatoms. The van der Waals surface area contributed by atoms with Crippen LogP contribution in [0, 0.1) is 19.8 Å². The largest absolute Gasteiger partial charge is 0.467 e. The highest BCUT2D eigenvalue weighted by Crippen LogP contribution is 2.29. The molecule has 1 aliphatic heterocycles. The first-order valence-corrected chi connectivity index (χ1v) is 9.69. The van der Waals surface area contributed by atoms with Gasteiger partial charge in [0.2, 0.25) is 11.8 Å². The summed E-state index contributed by atoms with van der Waals surface area (Å²) in [7, 11) is 1.30. The molecule has 3 rings (SSSR count). The number of esters is 1. The van der Waals surface area contributed by atoms with Crippen LogP contribution in [0.5, 0.6) is 0 Å². The number of aryl methyl sites for hydroxylation is 1. The van der Waals surface area contributed by atoms with Crippen molar-refractivity contribution in [3.05, 3.63) is 65.2 Å². The van der Waals surface area contributed by atoms with Crippen LogP contribution in [-0.2, 0) is 25.5 Å². The zero-order valence-corrected chi connectivity index (χ0v) is 17.0. The van der Waals surface area contributed by atoms with Gasteiger partial charge >= 0.3 is 5.97 Å². The third kappa shape index (κ3) is 4.65. The number of carbonyl (C=O) groups is 3. The number of nitrogens with zero attached hydrogens (tertiary/aromatic N) is 1. The first-order chi connectivity index (χ1) is 13.9. The zero-order valence-electron chi connectivity index (χ0n) is 17.0. The van der Waals surface area contributed by atoms with Crippen LogP contribution in [0.4, 0.5) is 5.69 Å². The molecular weight excluding hydrogens is 368 g/mol. The number of anilines is 1. The third-order valence-electron chi connectivity index (χ3n) is 5.45. The summed E-state index contributed by atoms with van der Waals surface area (Å²) >= 11 is 0. The van der Waals surface area contributed by atoms with E-state index in [9.17, 15) is 14.4 Å². The van der Waals surface area contributed by atoms with Crippen molar-refractivity contribution in [3.63, 3.8) is 0 Å². The highest BCUT2D eigenvalue weighted by Gasteiger charge is 2.37. The number of ether oxygens (including phenoxy) is 1. The lowest BCUT2D eigenvalue weighted by molar-refractivity contribution is -0.145. The molecule has 2 aromatic rings. The monoisotopic (exact) mass is 394 g/mol. The maximum atomic E-state index is 12.8. The van der Waals surface area contributed by atoms with E-state index in [2.05, 4.69) is 5.32 Å². The molecule has 0 bridgehead atoms. The Bertz CT molecular complexity index is 910. The van der Waals surface area contributed by atoms with E-state index in [0.717, 1.165) is 22.4 Å². The van der Waals surface area contributed by atoms with Gasteiger partial charge in [-0.05, 0) is 36.6 Å². The summed E-state index contributed by atoms with van der Waals surface area (Å²) in [5.74, 6) is -1.41. The number of nitrogens with one attached hydrogen (secondary N) is 1. The number of benzene rings is 2. The number of hydrogen-bond donors (Lipinski definition) is 1. The average Bonchev–Trinajstić information content (AvgIpc) is 3.11. The molecule has 1 aliphatic rings. The first kappa shape index (κ1) is 20.6. The van der Waals surface area contributed by atoms with Gasteiger partial charge in [0.05, 0.1) is 13.0 Å². The van der Waals surface area contributed by atoms with Crippen molar-refractivity contribution in [2.45, 2.75) is 32.7 Å². The number of rotatable bonds is 6. The van der Waals surface area contributed by atoms with Crippen molar-refractivity contribution in [1.29, 1.82) is 0 Å². The quantitative estimate of drug-likeness (QED) is 0.764. The minimum Gasteiger partial charge on any atom is -0.467 e. The second-order valence-electron chi connectivity index (χ2n) is 7.40. The predicted molar refractivity (Wildman–Crippen MR) is 110 cm³/mol. The molecular formula is C23H26N2O4. The van der Waals surface area contributed by atoms with Gasteiger partial charge in [0.15, 0.2) is 0 Å². The summed E-state index contributed by atoms with van der Waals surface area (Å²) in [6, 6.07) is 14.4. The summed E-state index contributed by atoms with van der Waals surface area (Å²) in [5, 5.41) is 2.78. The summed E-state index contributed by atoms with van der Waals surface area (Å²) in [5.41, 5.74) is 3.87. The highest BCUT2D eigenvalue weighted by molar-refractivity contribution is 6.01. The second-order valence-corrected chi connectivity index (χ2v) is 7.40. The SMILES string of the molecule is COC(=O)[C@H](Cc1ccccc1)NC(=O)[C@H]1CC(=O)N(c2cccc(C)c2C)C1. The van der Waals surface area contributed by atoms with E-state index in [4.69, 9.17) is 4.74 Å². The Morgan fingerprint density at radius 2 is 1.86 bits per heavy atom. The highest BCUT2D eigenvalue weighted by atomic mass is 16.5. The maximum absolute atomic E-state index is 12.8. The van der Waals surface area contributed by atoms with Crippen LogP contribution in [0.15, 0.2) is 48.5 Å². The van der Waals surface area contributed by atoms with Crippen LogP contribution < -0.4 is 10.2 Å². The van der Waals surface area contributed by atoms with Crippen molar-refractivity contribution < 1.29 is 19.1 Å². The van der Waals surface area contributed by atoms with Gasteiger partial charge in [-0.1, -0.05) is 42.5 Å². The molecule has 2 aromatic carbocycles. The van der Waals surface area contributed by atoms with Gasteiger partial charge in [0, 0.05) is 25.1 Å². The lowest BCUT2D eigenvalue weighted by Gasteiger charge is -2.21. The van der Waals surface area contributed by atoms with Crippen molar-refractivity contribution >= 4 is 23.5 Å². The van der Waals surface area contributed by atoms with Crippen molar-refractivity contribution in [2.24, 2.45) is 5.92 Å². The number of methoxy groups -OCH3 is 1. The first-order valence-electron chi connectivity index (χ1n) is 9.69. The second kappa shape index (κ2) is 8.90. The number of amides is 2. The standard InChI is InChI=1S/C23H26N2O4/c1-15-8-7-11-20(16(15)2)25-14-18(13-21(25)26)22(27)24-19(23(28)29-3)12-17-9-5-4-6-10-17/h4-11,18-19H,12-14H2,1-3H3,(H,24,27)/t18-,19-/m0/s1. The van der Waals surface area contributed by atoms with Gasteiger partial charge < -0.3 is 15.0 Å². The summed E-state index contributed by atoms with van der Waals surface area (Å²) in [6.07, 6.45) is 0.457. The molecule has 0 unspecified atom stereocenters. The van der Waals surface area contributed by atoms with Crippen molar-refractivity contribution in [3.8, 4) is 0 Å². The number of hydrogen-bond acceptors (Lipinski definition) is 4. The Hall–Kier alpha value is -3.15. The van der Waals surface area contributed by atoms with E-state index in [0.29, 0.717) is 13.0 Å². The van der Waals surface area contributed by atoms with Crippen molar-refractivity contribution in [1.82, 2.24) is 5.32 Å². The van der Waals surface area contributed by atoms with Crippen LogP contribution in [0.1, 0.15) is 23.1 Å². The molecule has 0 aliphatic carbocycles. The molecule has 1 N–H and O–H groups in total. The Morgan fingerprint density at radius 3 is 2.55 bits per heavy atom. The van der Waals surface area contributed by atoms with Gasteiger partial charge in [-0.25, -0.2) is 4.79 Å². The fraction of sp³-hybridized carbons (Fsp3) is 0.348. The average molecular weight is 394 g/mol. The molecule has 0 aromatic heterocycles. The Kier molecular flexibility index (Phi) is 6.32. The Balaban J connectivity index is 1.71. The van der Waals surface area contributed by atoms with Gasteiger partial charge in [-0.15, -0.1) is 0 Å². The van der Waals surface area contributed by atoms with E-state index in [1.54, 1.807) is 4.90 Å². The molecule has 29 heavy (non-hydrogen) atoms. The molecule has 1 heterocycles. The number of carbonyl (C=O) groups excluding carboxylic acids is 3. The molecule has 0 spiro atoms. The molecule has 0 saturated carbocycles. The molecule has 2 amide bonds. The summed E-state index contributed by atoms with van der Waals surface area (Å²) < 4.78 is 4.86. The van der Waals surface area contributed by atoms with E-state index in [1.165, 1.54) is 7.11 Å². The smallest absolute Gasteiger partial charge is 0.328 e. The predicted octanol–water partition coefficient (Wildman–Crippen LogP) is 2.56. The normalized spacial score (nSPS) is 17.1. The van der Waals surface area contributed by atoms with Crippen LogP contribution >= 0.6 is 0 Å². The van der Waals surface area contributed by atoms with Crippen LogP contribution in [-0.4, -0.2) is 37.5 Å². The maximum Gasteiger partial charge on any atom is 0.328 e. The minimum absolute atomic E-state index is 0.0865. The Morgan fingerprint density at radius 1 is 1.14 bits per heavy atom. The lowest BCUT2D eigenvalue weighted by atomic mass is 10.0. The van der Waals surface area contributed by atoms with Crippen LogP contribution in [0.25, 0.3) is 0 Å².